The maximum atomic E-state index is 12.8. The summed E-state index contributed by atoms with van der Waals surface area (Å²) < 4.78 is 11.5. The quantitative estimate of drug-likeness (QED) is 0.843. The molecule has 1 amide bonds. The number of carbonyl (C=O) groups excluding carboxylic acids is 2. The van der Waals surface area contributed by atoms with Gasteiger partial charge in [0.1, 0.15) is 17.0 Å². The number of ether oxygens (including phenoxy) is 2. The fourth-order valence-corrected chi connectivity index (χ4v) is 4.71. The van der Waals surface area contributed by atoms with Crippen LogP contribution in [0.1, 0.15) is 63.5 Å². The van der Waals surface area contributed by atoms with Crippen molar-refractivity contribution in [3.05, 3.63) is 29.3 Å². The van der Waals surface area contributed by atoms with Crippen LogP contribution in [-0.2, 0) is 27.3 Å². The number of hydrogen-bond acceptors (Lipinski definition) is 4. The molecule has 0 unspecified atom stereocenters. The molecule has 1 aromatic carbocycles. The van der Waals surface area contributed by atoms with E-state index in [1.54, 1.807) is 0 Å². The van der Waals surface area contributed by atoms with Gasteiger partial charge < -0.3 is 14.8 Å². The van der Waals surface area contributed by atoms with E-state index < -0.39 is 5.60 Å². The maximum absolute atomic E-state index is 12.8. The van der Waals surface area contributed by atoms with Gasteiger partial charge in [-0.25, -0.2) is 0 Å². The van der Waals surface area contributed by atoms with Crippen LogP contribution in [-0.4, -0.2) is 23.1 Å². The van der Waals surface area contributed by atoms with Gasteiger partial charge in [0.15, 0.2) is 0 Å². The molecule has 1 spiro atoms. The lowest BCUT2D eigenvalue weighted by Crippen LogP contribution is -2.45. The van der Waals surface area contributed by atoms with Crippen molar-refractivity contribution in [2.24, 2.45) is 5.92 Å². The molecule has 0 radical (unpaired) electrons. The first-order chi connectivity index (χ1) is 12.4. The lowest BCUT2D eigenvalue weighted by molar-refractivity contribution is -0.153. The lowest BCUT2D eigenvalue weighted by atomic mass is 9.75. The van der Waals surface area contributed by atoms with Crippen molar-refractivity contribution < 1.29 is 19.1 Å². The summed E-state index contributed by atoms with van der Waals surface area (Å²) in [6.07, 6.45) is 5.90. The first-order valence-corrected chi connectivity index (χ1v) is 9.67. The average Bonchev–Trinajstić information content (AvgIpc) is 3.07. The number of amides is 1. The molecule has 1 saturated carbocycles. The lowest BCUT2D eigenvalue weighted by Gasteiger charge is -2.36. The highest BCUT2D eigenvalue weighted by Gasteiger charge is 2.52. The monoisotopic (exact) mass is 357 g/mol. The molecule has 2 heterocycles. The van der Waals surface area contributed by atoms with Crippen molar-refractivity contribution in [1.82, 2.24) is 5.32 Å². The molecule has 4 rings (SSSR count). The summed E-state index contributed by atoms with van der Waals surface area (Å²) in [6, 6.07) is 6.08. The van der Waals surface area contributed by atoms with E-state index in [4.69, 9.17) is 9.47 Å². The fraction of sp³-hybridized carbons (Fsp3) is 0.619. The number of benzene rings is 1. The van der Waals surface area contributed by atoms with E-state index in [9.17, 15) is 9.59 Å². The van der Waals surface area contributed by atoms with Crippen LogP contribution in [0.5, 0.6) is 5.75 Å². The average molecular weight is 357 g/mol. The van der Waals surface area contributed by atoms with Gasteiger partial charge in [0.05, 0.1) is 12.3 Å². The van der Waals surface area contributed by atoms with Crippen LogP contribution < -0.4 is 10.1 Å². The zero-order valence-electron chi connectivity index (χ0n) is 15.6. The Hall–Kier alpha value is -2.04. The molecular formula is C21H27NO4. The third-order valence-corrected chi connectivity index (χ3v) is 5.93. The number of fused-ring (bicyclic) bond motifs is 1. The van der Waals surface area contributed by atoms with Gasteiger partial charge in [0.2, 0.25) is 5.91 Å². The summed E-state index contributed by atoms with van der Waals surface area (Å²) in [7, 11) is 0. The second-order valence-electron chi connectivity index (χ2n) is 8.55. The van der Waals surface area contributed by atoms with Crippen molar-refractivity contribution in [1.29, 1.82) is 0 Å². The minimum atomic E-state index is -0.560. The molecule has 26 heavy (non-hydrogen) atoms. The Morgan fingerprint density at radius 1 is 1.19 bits per heavy atom. The SMILES string of the molecule is CC1(C)Cc2cc(CNC(=O)[C@H]3CC(=O)OC34CCCCC4)ccc2O1. The van der Waals surface area contributed by atoms with Crippen LogP contribution in [0.15, 0.2) is 18.2 Å². The van der Waals surface area contributed by atoms with Gasteiger partial charge in [-0.3, -0.25) is 9.59 Å². The Balaban J connectivity index is 1.42. The van der Waals surface area contributed by atoms with E-state index in [2.05, 4.69) is 25.2 Å². The first-order valence-electron chi connectivity index (χ1n) is 9.67. The summed E-state index contributed by atoms with van der Waals surface area (Å²) >= 11 is 0. The molecule has 5 nitrogen and oxygen atoms in total. The molecule has 1 atom stereocenters. The molecule has 1 N–H and O–H groups in total. The van der Waals surface area contributed by atoms with Gasteiger partial charge in [0.25, 0.3) is 0 Å². The highest BCUT2D eigenvalue weighted by Crippen LogP contribution is 2.44. The maximum Gasteiger partial charge on any atom is 0.307 e. The Morgan fingerprint density at radius 2 is 1.96 bits per heavy atom. The molecule has 2 fully saturated rings. The molecule has 140 valence electrons. The molecule has 3 aliphatic rings. The van der Waals surface area contributed by atoms with Gasteiger partial charge in [-0.15, -0.1) is 0 Å². The number of hydrogen-bond donors (Lipinski definition) is 1. The minimum Gasteiger partial charge on any atom is -0.487 e. The fourth-order valence-electron chi connectivity index (χ4n) is 4.71. The molecular weight excluding hydrogens is 330 g/mol. The summed E-state index contributed by atoms with van der Waals surface area (Å²) in [5, 5.41) is 3.03. The second-order valence-corrected chi connectivity index (χ2v) is 8.55. The van der Waals surface area contributed by atoms with Crippen LogP contribution in [0, 0.1) is 5.92 Å². The smallest absolute Gasteiger partial charge is 0.307 e. The van der Waals surface area contributed by atoms with Crippen molar-refractivity contribution in [2.45, 2.75) is 76.5 Å². The predicted octanol–water partition coefficient (Wildman–Crippen LogP) is 3.28. The molecule has 1 saturated heterocycles. The number of esters is 1. The Kier molecular flexibility index (Phi) is 4.20. The Labute approximate surface area is 154 Å². The van der Waals surface area contributed by atoms with E-state index in [0.29, 0.717) is 6.54 Å². The zero-order chi connectivity index (χ0) is 18.4. The van der Waals surface area contributed by atoms with Crippen LogP contribution >= 0.6 is 0 Å². The van der Waals surface area contributed by atoms with Crippen LogP contribution in [0.2, 0.25) is 0 Å². The van der Waals surface area contributed by atoms with Crippen LogP contribution in [0.3, 0.4) is 0 Å². The van der Waals surface area contributed by atoms with Crippen LogP contribution in [0.4, 0.5) is 0 Å². The summed E-state index contributed by atoms with van der Waals surface area (Å²) in [6.45, 7) is 4.62. The third kappa shape index (κ3) is 3.19. The molecule has 1 aliphatic carbocycles. The topological polar surface area (TPSA) is 64.6 Å². The van der Waals surface area contributed by atoms with Gasteiger partial charge in [-0.2, -0.15) is 0 Å². The molecule has 0 bridgehead atoms. The number of rotatable bonds is 3. The van der Waals surface area contributed by atoms with Crippen molar-refractivity contribution in [3.63, 3.8) is 0 Å². The van der Waals surface area contributed by atoms with E-state index in [0.717, 1.165) is 49.8 Å². The van der Waals surface area contributed by atoms with Crippen LogP contribution in [0.25, 0.3) is 0 Å². The third-order valence-electron chi connectivity index (χ3n) is 5.93. The van der Waals surface area contributed by atoms with Crippen molar-refractivity contribution in [3.8, 4) is 5.75 Å². The molecule has 1 aromatic rings. The Morgan fingerprint density at radius 3 is 2.73 bits per heavy atom. The first kappa shape index (κ1) is 17.4. The second kappa shape index (κ2) is 6.29. The Bertz CT molecular complexity index is 734. The minimum absolute atomic E-state index is 0.0603. The number of nitrogens with one attached hydrogen (secondary N) is 1. The summed E-state index contributed by atoms with van der Waals surface area (Å²) in [5.74, 6) is 0.284. The van der Waals surface area contributed by atoms with Crippen molar-refractivity contribution in [2.75, 3.05) is 0 Å². The van der Waals surface area contributed by atoms with Gasteiger partial charge in [-0.1, -0.05) is 18.6 Å². The predicted molar refractivity (Wildman–Crippen MR) is 96.7 cm³/mol. The van der Waals surface area contributed by atoms with Gasteiger partial charge in [-0.05, 0) is 56.7 Å². The summed E-state index contributed by atoms with van der Waals surface area (Å²) in [4.78, 5) is 24.7. The largest absolute Gasteiger partial charge is 0.487 e. The van der Waals surface area contributed by atoms with E-state index in [1.165, 1.54) is 5.56 Å². The normalized spacial score (nSPS) is 25.5. The number of carbonyl (C=O) groups is 2. The van der Waals surface area contributed by atoms with E-state index >= 15 is 0 Å². The highest BCUT2D eigenvalue weighted by molar-refractivity contribution is 5.87. The zero-order valence-corrected chi connectivity index (χ0v) is 15.6. The van der Waals surface area contributed by atoms with Crippen molar-refractivity contribution >= 4 is 11.9 Å². The summed E-state index contributed by atoms with van der Waals surface area (Å²) in [5.41, 5.74) is 1.51. The highest BCUT2D eigenvalue weighted by atomic mass is 16.6. The van der Waals surface area contributed by atoms with Gasteiger partial charge >= 0.3 is 5.97 Å². The van der Waals surface area contributed by atoms with Gasteiger partial charge in [0, 0.05) is 13.0 Å². The molecule has 5 heteroatoms. The standard InChI is InChI=1S/C21H27NO4/c1-20(2)12-15-10-14(6-7-17(15)25-20)13-22-19(24)16-11-18(23)26-21(16)8-4-3-5-9-21/h6-7,10,16H,3-5,8-9,11-13H2,1-2H3,(H,22,24)/t16-/m1/s1. The molecule has 0 aromatic heterocycles. The van der Waals surface area contributed by atoms with E-state index in [1.807, 2.05) is 12.1 Å². The molecule has 2 aliphatic heterocycles. The van der Waals surface area contributed by atoms with E-state index in [-0.39, 0.29) is 29.8 Å².